The summed E-state index contributed by atoms with van der Waals surface area (Å²) in [6.07, 6.45) is 0. The maximum Gasteiger partial charge on any atom is 0.0777 e. The van der Waals surface area contributed by atoms with E-state index in [4.69, 9.17) is 17.2 Å². The summed E-state index contributed by atoms with van der Waals surface area (Å²) in [5, 5.41) is 20.1. The van der Waals surface area contributed by atoms with Crippen molar-refractivity contribution >= 4 is 164 Å². The molecule has 0 aliphatic rings. The third-order valence-electron chi connectivity index (χ3n) is 18.1. The molecule has 0 aliphatic heterocycles. The summed E-state index contributed by atoms with van der Waals surface area (Å²) in [6, 6.07) is 98.9. The number of hydrogen-bond donors (Lipinski definition) is 3. The lowest BCUT2D eigenvalue weighted by Gasteiger charge is -2.27. The summed E-state index contributed by atoms with van der Waals surface area (Å²) < 4.78 is 7.04. The first-order chi connectivity index (χ1) is 41.9. The van der Waals surface area contributed by atoms with E-state index >= 15 is 0 Å². The van der Waals surface area contributed by atoms with Gasteiger partial charge in [0.2, 0.25) is 0 Å². The van der Waals surface area contributed by atoms with Crippen LogP contribution in [0.3, 0.4) is 0 Å². The van der Waals surface area contributed by atoms with Gasteiger partial charge in [0.25, 0.3) is 0 Å². The van der Waals surface area contributed by atoms with Crippen molar-refractivity contribution in [1.29, 1.82) is 0 Å². The van der Waals surface area contributed by atoms with Crippen molar-refractivity contribution in [2.45, 2.75) is 0 Å². The summed E-state index contributed by atoms with van der Waals surface area (Å²) in [5.41, 5.74) is 36.6. The average molecular weight is 1090 g/mol. The molecule has 0 fully saturated rings. The van der Waals surface area contributed by atoms with Crippen LogP contribution in [0.2, 0.25) is 0 Å². The second kappa shape index (κ2) is 17.7. The zero-order valence-corrected chi connectivity index (χ0v) is 46.0. The zero-order chi connectivity index (χ0) is 56.2. The summed E-state index contributed by atoms with van der Waals surface area (Å²) >= 11 is 0. The zero-order valence-electron chi connectivity index (χ0n) is 46.0. The minimum Gasteiger partial charge on any atom is -0.397 e. The molecule has 0 spiro atoms. The number of aromatic nitrogens is 3. The van der Waals surface area contributed by atoms with E-state index in [1.165, 1.54) is 0 Å². The van der Waals surface area contributed by atoms with Crippen LogP contribution in [-0.4, -0.2) is 13.7 Å². The van der Waals surface area contributed by atoms with Gasteiger partial charge in [0.1, 0.15) is 0 Å². The molecule has 0 saturated heterocycles. The van der Waals surface area contributed by atoms with Crippen LogP contribution in [-0.2, 0) is 0 Å². The quantitative estimate of drug-likeness (QED) is 0.145. The Bertz CT molecular complexity index is 5300. The van der Waals surface area contributed by atoms with Gasteiger partial charge in [0.05, 0.1) is 50.2 Å². The molecule has 0 bridgehead atoms. The third kappa shape index (κ3) is 6.89. The molecule has 7 heteroatoms. The Balaban J connectivity index is 0.892. The van der Waals surface area contributed by atoms with Gasteiger partial charge < -0.3 is 35.8 Å². The third-order valence-corrected chi connectivity index (χ3v) is 18.1. The lowest BCUT2D eigenvalue weighted by atomic mass is 10.0. The van der Waals surface area contributed by atoms with Gasteiger partial charge in [0.15, 0.2) is 0 Å². The number of hydrogen-bond acceptors (Lipinski definition) is 4. The highest BCUT2D eigenvalue weighted by Crippen LogP contribution is 2.47. The Morgan fingerprint density at radius 3 is 0.788 bits per heavy atom. The Hall–Kier alpha value is -11.5. The molecule has 0 aliphatic carbocycles. The van der Waals surface area contributed by atoms with E-state index in [2.05, 4.69) is 292 Å². The molecule has 3 heterocycles. The predicted molar refractivity (Wildman–Crippen MR) is 362 cm³/mol. The average Bonchev–Trinajstić information content (AvgIpc) is 1.87. The lowest BCUT2D eigenvalue weighted by molar-refractivity contribution is 1.18. The van der Waals surface area contributed by atoms with Crippen LogP contribution in [0.5, 0.6) is 0 Å². The molecule has 6 N–H and O–H groups in total. The number of anilines is 6. The maximum absolute atomic E-state index is 7.24. The van der Waals surface area contributed by atoms with Gasteiger partial charge in [-0.15, -0.1) is 0 Å². The van der Waals surface area contributed by atoms with Crippen LogP contribution < -0.4 is 22.1 Å². The largest absolute Gasteiger partial charge is 0.397 e. The number of para-hydroxylation sites is 3. The minimum absolute atomic E-state index is 0.772. The highest BCUT2D eigenvalue weighted by atomic mass is 15.1. The first kappa shape index (κ1) is 47.1. The van der Waals surface area contributed by atoms with E-state index < -0.39 is 0 Å². The minimum atomic E-state index is 0.772. The molecule has 0 saturated carbocycles. The van der Waals surface area contributed by atoms with Crippen molar-refractivity contribution in [3.05, 3.63) is 273 Å². The Morgan fingerprint density at radius 2 is 0.482 bits per heavy atom. The fraction of sp³-hybridized carbons (Fsp3) is 0. The van der Waals surface area contributed by atoms with Crippen molar-refractivity contribution in [2.75, 3.05) is 22.1 Å². The van der Waals surface area contributed by atoms with Crippen LogP contribution in [0, 0.1) is 0 Å². The van der Waals surface area contributed by atoms with Gasteiger partial charge in [-0.3, -0.25) is 0 Å². The van der Waals surface area contributed by atoms with Crippen molar-refractivity contribution in [1.82, 2.24) is 13.7 Å². The number of nitrogens with zero attached hydrogens (tertiary/aromatic N) is 4. The van der Waals surface area contributed by atoms with Crippen molar-refractivity contribution in [3.8, 4) is 17.1 Å². The van der Waals surface area contributed by atoms with Crippen molar-refractivity contribution in [2.24, 2.45) is 0 Å². The molecule has 398 valence electrons. The van der Waals surface area contributed by atoms with E-state index in [0.29, 0.717) is 0 Å². The molecule has 85 heavy (non-hydrogen) atoms. The number of fused-ring (bicyclic) bond motifs is 15. The van der Waals surface area contributed by atoms with Crippen LogP contribution >= 0.6 is 0 Å². The van der Waals surface area contributed by atoms with E-state index in [1.54, 1.807) is 0 Å². The van der Waals surface area contributed by atoms with Crippen LogP contribution in [0.25, 0.3) is 147 Å². The molecular weight excluding hydrogens is 1030 g/mol. The molecular formula is C78H51N7. The molecule has 0 unspecified atom stereocenters. The molecule has 0 radical (unpaired) electrons. The predicted octanol–water partition coefficient (Wildman–Crippen LogP) is 20.1. The first-order valence-electron chi connectivity index (χ1n) is 28.9. The van der Waals surface area contributed by atoms with Gasteiger partial charge >= 0.3 is 0 Å². The van der Waals surface area contributed by atoms with Crippen LogP contribution in [0.15, 0.2) is 273 Å². The second-order valence-electron chi connectivity index (χ2n) is 22.8. The fourth-order valence-electron chi connectivity index (χ4n) is 14.2. The lowest BCUT2D eigenvalue weighted by Crippen LogP contribution is -2.10. The highest BCUT2D eigenvalue weighted by molar-refractivity contribution is 6.25. The number of benzene rings is 15. The van der Waals surface area contributed by atoms with Gasteiger partial charge in [-0.2, -0.15) is 0 Å². The van der Waals surface area contributed by atoms with Gasteiger partial charge in [-0.25, -0.2) is 0 Å². The highest BCUT2D eigenvalue weighted by Gasteiger charge is 2.24. The van der Waals surface area contributed by atoms with Gasteiger partial charge in [-0.05, 0) is 176 Å². The topological polar surface area (TPSA) is 96.1 Å². The van der Waals surface area contributed by atoms with Crippen LogP contribution in [0.1, 0.15) is 0 Å². The number of nitrogen functional groups attached to an aromatic ring is 3. The summed E-state index contributed by atoms with van der Waals surface area (Å²) in [7, 11) is 0. The normalized spacial score (nSPS) is 12.1. The van der Waals surface area contributed by atoms with E-state index in [-0.39, 0.29) is 0 Å². The number of nitrogens with two attached hydrogens (primary N) is 3. The van der Waals surface area contributed by atoms with Crippen molar-refractivity contribution in [3.63, 3.8) is 0 Å². The van der Waals surface area contributed by atoms with E-state index in [0.717, 1.165) is 181 Å². The SMILES string of the molecule is Nc1c2ccccc2cc2c3cc4ccc(N(c5ccc6cc7c8cc9ccccc9c(N)c8n(-c8ccccc8)c7cc6c5)c5ccc6cc7c8cc9ccccc9c(N)c8n(-c8ccccc8)c7cc6c5)cc4cc3n(-c3ccccc3)c12. The molecule has 18 rings (SSSR count). The maximum atomic E-state index is 7.24. The molecule has 15 aromatic carbocycles. The molecule has 0 amide bonds. The van der Waals surface area contributed by atoms with E-state index in [1.807, 2.05) is 0 Å². The standard InChI is InChI=1S/C78H51N7/c79-73-61-25-13-10-16-49(61)40-67-64-37-46-28-31-58(34-52(46)43-70(64)83(76(67)73)55-19-4-1-5-20-55)82(59-32-29-47-38-65-68-41-50-17-11-14-26-62(50)74(80)77(68)84(56-21-6-2-7-22-56)71(65)44-53(47)35-59)60-33-30-48-39-66-69-42-51-18-12-15-27-63(51)75(81)78(69)85(57-23-8-3-9-24-57)72(66)45-54(48)36-60/h1-45H,79-81H2. The second-order valence-corrected chi connectivity index (χ2v) is 22.8. The molecule has 3 aromatic heterocycles. The molecule has 0 atom stereocenters. The fourth-order valence-corrected chi connectivity index (χ4v) is 14.2. The summed E-state index contributed by atoms with van der Waals surface area (Å²) in [4.78, 5) is 2.42. The van der Waals surface area contributed by atoms with Crippen molar-refractivity contribution < 1.29 is 0 Å². The van der Waals surface area contributed by atoms with Crippen LogP contribution in [0.4, 0.5) is 34.1 Å². The van der Waals surface area contributed by atoms with E-state index in [9.17, 15) is 0 Å². The number of rotatable bonds is 6. The van der Waals surface area contributed by atoms with Gasteiger partial charge in [0, 0.05) is 82.6 Å². The molecule has 7 nitrogen and oxygen atoms in total. The Morgan fingerprint density at radius 1 is 0.212 bits per heavy atom. The Labute approximate surface area is 487 Å². The smallest absolute Gasteiger partial charge is 0.0777 e. The summed E-state index contributed by atoms with van der Waals surface area (Å²) in [6.45, 7) is 0. The summed E-state index contributed by atoms with van der Waals surface area (Å²) in [5.74, 6) is 0. The molecule has 18 aromatic rings. The monoisotopic (exact) mass is 1090 g/mol. The van der Waals surface area contributed by atoms with Gasteiger partial charge in [-0.1, -0.05) is 146 Å². The Kier molecular flexibility index (Phi) is 9.83. The first-order valence-corrected chi connectivity index (χ1v) is 28.9.